The van der Waals surface area contributed by atoms with E-state index in [1.165, 1.54) is 18.3 Å². The average Bonchev–Trinajstić information content (AvgIpc) is 3.17. The zero-order valence-corrected chi connectivity index (χ0v) is 10.6. The number of alkyl halides is 3. The van der Waals surface area contributed by atoms with Crippen molar-refractivity contribution in [2.75, 3.05) is 0 Å². The van der Waals surface area contributed by atoms with Crippen molar-refractivity contribution in [3.8, 4) is 0 Å². The first-order valence-electron chi connectivity index (χ1n) is 5.99. The predicted octanol–water partition coefficient (Wildman–Crippen LogP) is 2.00. The number of amides is 1. The fourth-order valence-electron chi connectivity index (χ4n) is 1.73. The Hall–Kier alpha value is -2.38. The quantitative estimate of drug-likeness (QED) is 0.834. The Bertz CT molecular complexity index is 607. The highest BCUT2D eigenvalue weighted by Gasteiger charge is 2.64. The van der Waals surface area contributed by atoms with Gasteiger partial charge in [-0.25, -0.2) is 4.79 Å². The second-order valence-electron chi connectivity index (χ2n) is 4.71. The lowest BCUT2D eigenvalue weighted by Gasteiger charge is -2.20. The number of carboxylic acids is 1. The van der Waals surface area contributed by atoms with Crippen LogP contribution in [0.3, 0.4) is 0 Å². The van der Waals surface area contributed by atoms with E-state index in [1.807, 2.05) is 5.32 Å². The molecule has 2 N–H and O–H groups in total. The first kappa shape index (κ1) is 15.0. The van der Waals surface area contributed by atoms with Crippen LogP contribution in [0, 0.1) is 0 Å². The van der Waals surface area contributed by atoms with Crippen molar-refractivity contribution >= 4 is 18.0 Å². The highest BCUT2D eigenvalue weighted by atomic mass is 19.4. The molecule has 0 spiro atoms. The molecule has 21 heavy (non-hydrogen) atoms. The summed E-state index contributed by atoms with van der Waals surface area (Å²) < 4.78 is 38.3. The van der Waals surface area contributed by atoms with E-state index in [0.717, 1.165) is 12.3 Å². The maximum Gasteiger partial charge on any atom is 0.411 e. The molecule has 1 heterocycles. The van der Waals surface area contributed by atoms with Crippen molar-refractivity contribution in [3.63, 3.8) is 0 Å². The second-order valence-corrected chi connectivity index (χ2v) is 4.71. The molecule has 1 saturated carbocycles. The Kier molecular flexibility index (Phi) is 3.71. The van der Waals surface area contributed by atoms with Crippen LogP contribution in [0.4, 0.5) is 13.2 Å². The minimum Gasteiger partial charge on any atom is -0.478 e. The van der Waals surface area contributed by atoms with Crippen LogP contribution < -0.4 is 5.32 Å². The van der Waals surface area contributed by atoms with E-state index < -0.39 is 23.6 Å². The molecule has 0 saturated heterocycles. The first-order valence-corrected chi connectivity index (χ1v) is 5.99. The van der Waals surface area contributed by atoms with Crippen LogP contribution in [0.1, 0.15) is 28.8 Å². The lowest BCUT2D eigenvalue weighted by Crippen LogP contribution is -2.47. The zero-order valence-electron chi connectivity index (χ0n) is 10.6. The Morgan fingerprint density at radius 2 is 2.00 bits per heavy atom. The standard InChI is InChI=1S/C13H11F3N2O3/c14-13(15,16)12(3-4-12)18-11(21)9-5-8(6-17-7-9)1-2-10(19)20/h1-2,5-7H,3-4H2,(H,18,21)(H,19,20)/b2-1+. The molecule has 0 bridgehead atoms. The summed E-state index contributed by atoms with van der Waals surface area (Å²) in [6.07, 6.45) is -0.314. The number of pyridine rings is 1. The molecular formula is C13H11F3N2O3. The molecule has 0 radical (unpaired) electrons. The van der Waals surface area contributed by atoms with Gasteiger partial charge < -0.3 is 10.4 Å². The number of nitrogens with zero attached hydrogens (tertiary/aromatic N) is 1. The fraction of sp³-hybridized carbons (Fsp3) is 0.308. The van der Waals surface area contributed by atoms with Crippen molar-refractivity contribution in [1.29, 1.82) is 0 Å². The summed E-state index contributed by atoms with van der Waals surface area (Å²) in [7, 11) is 0. The minimum absolute atomic E-state index is 0.0573. The molecule has 112 valence electrons. The van der Waals surface area contributed by atoms with Gasteiger partial charge in [-0.2, -0.15) is 13.2 Å². The first-order chi connectivity index (χ1) is 9.73. The number of aliphatic carboxylic acids is 1. The second kappa shape index (κ2) is 5.19. The van der Waals surface area contributed by atoms with Gasteiger partial charge in [-0.1, -0.05) is 0 Å². The molecule has 8 heteroatoms. The maximum absolute atomic E-state index is 12.8. The van der Waals surface area contributed by atoms with Crippen LogP contribution in [-0.4, -0.2) is 33.7 Å². The summed E-state index contributed by atoms with van der Waals surface area (Å²) in [6.45, 7) is 0. The lowest BCUT2D eigenvalue weighted by molar-refractivity contribution is -0.163. The summed E-state index contributed by atoms with van der Waals surface area (Å²) in [5.41, 5.74) is -1.89. The number of nitrogens with one attached hydrogen (secondary N) is 1. The van der Waals surface area contributed by atoms with Gasteiger partial charge in [0.2, 0.25) is 0 Å². The number of carbonyl (C=O) groups excluding carboxylic acids is 1. The number of aromatic nitrogens is 1. The van der Waals surface area contributed by atoms with Crippen molar-refractivity contribution in [2.24, 2.45) is 0 Å². The van der Waals surface area contributed by atoms with Gasteiger partial charge in [0, 0.05) is 18.5 Å². The van der Waals surface area contributed by atoms with E-state index >= 15 is 0 Å². The number of rotatable bonds is 4. The molecule has 0 aromatic carbocycles. The maximum atomic E-state index is 12.8. The highest BCUT2D eigenvalue weighted by molar-refractivity contribution is 5.95. The highest BCUT2D eigenvalue weighted by Crippen LogP contribution is 2.49. The normalized spacial score (nSPS) is 16.7. The molecule has 1 aliphatic carbocycles. The largest absolute Gasteiger partial charge is 0.478 e. The third kappa shape index (κ3) is 3.39. The van der Waals surface area contributed by atoms with E-state index in [0.29, 0.717) is 5.56 Å². The minimum atomic E-state index is -4.49. The van der Waals surface area contributed by atoms with Crippen molar-refractivity contribution < 1.29 is 27.9 Å². The molecule has 1 fully saturated rings. The van der Waals surface area contributed by atoms with Gasteiger partial charge in [0.05, 0.1) is 5.56 Å². The molecule has 1 aromatic heterocycles. The lowest BCUT2D eigenvalue weighted by atomic mass is 10.1. The summed E-state index contributed by atoms with van der Waals surface area (Å²) in [5.74, 6) is -2.07. The third-order valence-corrected chi connectivity index (χ3v) is 3.09. The van der Waals surface area contributed by atoms with Crippen LogP contribution in [0.5, 0.6) is 0 Å². The summed E-state index contributed by atoms with van der Waals surface area (Å²) in [6, 6.07) is 1.27. The molecule has 1 aliphatic rings. The van der Waals surface area contributed by atoms with Crippen LogP contribution >= 0.6 is 0 Å². The van der Waals surface area contributed by atoms with Gasteiger partial charge in [0.25, 0.3) is 5.91 Å². The van der Waals surface area contributed by atoms with Gasteiger partial charge in [0.15, 0.2) is 0 Å². The summed E-state index contributed by atoms with van der Waals surface area (Å²) in [5, 5.41) is 10.5. The topological polar surface area (TPSA) is 79.3 Å². The SMILES string of the molecule is O=C(O)/C=C/c1cncc(C(=O)NC2(C(F)(F)F)CC2)c1. The molecule has 0 aliphatic heterocycles. The van der Waals surface area contributed by atoms with Crippen LogP contribution in [0.2, 0.25) is 0 Å². The molecule has 0 unspecified atom stereocenters. The molecule has 5 nitrogen and oxygen atoms in total. The van der Waals surface area contributed by atoms with Crippen molar-refractivity contribution in [3.05, 3.63) is 35.7 Å². The van der Waals surface area contributed by atoms with E-state index in [1.54, 1.807) is 0 Å². The van der Waals surface area contributed by atoms with Crippen LogP contribution in [-0.2, 0) is 4.79 Å². The number of halogens is 3. The number of carbonyl (C=O) groups is 2. The Balaban J connectivity index is 2.14. The zero-order chi connectivity index (χ0) is 15.7. The number of hydrogen-bond donors (Lipinski definition) is 2. The number of hydrogen-bond acceptors (Lipinski definition) is 3. The Morgan fingerprint density at radius 1 is 1.33 bits per heavy atom. The van der Waals surface area contributed by atoms with Gasteiger partial charge in [-0.3, -0.25) is 9.78 Å². The van der Waals surface area contributed by atoms with Gasteiger partial charge in [-0.05, 0) is 30.5 Å². The van der Waals surface area contributed by atoms with Gasteiger partial charge in [0.1, 0.15) is 5.54 Å². The van der Waals surface area contributed by atoms with Crippen LogP contribution in [0.25, 0.3) is 6.08 Å². The smallest absolute Gasteiger partial charge is 0.411 e. The summed E-state index contributed by atoms with van der Waals surface area (Å²) in [4.78, 5) is 25.9. The molecule has 1 amide bonds. The van der Waals surface area contributed by atoms with Gasteiger partial charge >= 0.3 is 12.1 Å². The summed E-state index contributed by atoms with van der Waals surface area (Å²) >= 11 is 0. The third-order valence-electron chi connectivity index (χ3n) is 3.09. The van der Waals surface area contributed by atoms with Crippen LogP contribution in [0.15, 0.2) is 24.5 Å². The van der Waals surface area contributed by atoms with E-state index in [-0.39, 0.29) is 18.4 Å². The predicted molar refractivity (Wildman–Crippen MR) is 66.4 cm³/mol. The van der Waals surface area contributed by atoms with E-state index in [2.05, 4.69) is 4.98 Å². The average molecular weight is 300 g/mol. The molecular weight excluding hydrogens is 289 g/mol. The van der Waals surface area contributed by atoms with Crippen molar-refractivity contribution in [1.82, 2.24) is 10.3 Å². The molecule has 1 aromatic rings. The Morgan fingerprint density at radius 3 is 2.52 bits per heavy atom. The molecule has 0 atom stereocenters. The van der Waals surface area contributed by atoms with E-state index in [4.69, 9.17) is 5.11 Å². The van der Waals surface area contributed by atoms with E-state index in [9.17, 15) is 22.8 Å². The number of carboxylic acid groups (broad SMARTS) is 1. The monoisotopic (exact) mass is 300 g/mol. The van der Waals surface area contributed by atoms with Crippen molar-refractivity contribution in [2.45, 2.75) is 24.6 Å². The fourth-order valence-corrected chi connectivity index (χ4v) is 1.73. The molecule has 2 rings (SSSR count). The van der Waals surface area contributed by atoms with Gasteiger partial charge in [-0.15, -0.1) is 0 Å². The Labute approximate surface area is 117 Å².